The fourth-order valence-electron chi connectivity index (χ4n) is 1.92. The molecule has 0 saturated carbocycles. The summed E-state index contributed by atoms with van der Waals surface area (Å²) in [5, 5.41) is 4.26. The topological polar surface area (TPSA) is 22.1 Å². The molecule has 0 amide bonds. The molecule has 0 spiro atoms. The van der Waals surface area contributed by atoms with Crippen molar-refractivity contribution in [2.24, 2.45) is 5.41 Å². The molecule has 78 valence electrons. The summed E-state index contributed by atoms with van der Waals surface area (Å²) in [5.41, 5.74) is 0.262. The number of thiazole rings is 1. The number of halogens is 1. The molecule has 2 unspecified atom stereocenters. The van der Waals surface area contributed by atoms with Gasteiger partial charge in [-0.25, -0.2) is 4.98 Å². The van der Waals surface area contributed by atoms with Crippen molar-refractivity contribution >= 4 is 27.3 Å². The fraction of sp³-hybridized carbons (Fsp3) is 0.700. The molecule has 4 heteroatoms. The van der Waals surface area contributed by atoms with Crippen LogP contribution in [0.5, 0.6) is 0 Å². The molecule has 1 saturated heterocycles. The Labute approximate surface area is 96.8 Å². The van der Waals surface area contributed by atoms with Crippen LogP contribution in [0.4, 0.5) is 0 Å². The van der Waals surface area contributed by atoms with Crippen LogP contribution in [0.3, 0.4) is 0 Å². The average molecular weight is 276 g/mol. The van der Waals surface area contributed by atoms with Crippen LogP contribution in [0.1, 0.15) is 18.4 Å². The Kier molecular flexibility index (Phi) is 3.24. The minimum atomic E-state index is 0.262. The van der Waals surface area contributed by atoms with Gasteiger partial charge in [-0.3, -0.25) is 0 Å². The summed E-state index contributed by atoms with van der Waals surface area (Å²) < 4.78 is 5.66. The average Bonchev–Trinajstić information content (AvgIpc) is 2.79. The zero-order chi connectivity index (χ0) is 10.0. The normalized spacial score (nSPS) is 32.3. The minimum absolute atomic E-state index is 0.262. The molecule has 2 atom stereocenters. The first kappa shape index (κ1) is 10.6. The van der Waals surface area contributed by atoms with Crippen LogP contribution in [0.25, 0.3) is 0 Å². The van der Waals surface area contributed by atoms with Crippen molar-refractivity contribution in [1.29, 1.82) is 0 Å². The van der Waals surface area contributed by atoms with Gasteiger partial charge in [0.1, 0.15) is 0 Å². The molecule has 1 aromatic rings. The standard InChI is InChI=1S/C10H14BrNOS/c1-8-10(7-11,2-4-13-8)6-9-12-3-5-14-9/h3,5,8H,2,4,6-7H2,1H3. The third-order valence-electron chi connectivity index (χ3n) is 3.08. The number of hydrogen-bond acceptors (Lipinski definition) is 3. The molecule has 1 aliphatic heterocycles. The lowest BCUT2D eigenvalue weighted by atomic mass is 9.81. The van der Waals surface area contributed by atoms with Crippen LogP contribution < -0.4 is 0 Å². The molecule has 2 heterocycles. The van der Waals surface area contributed by atoms with Gasteiger partial charge in [0.05, 0.1) is 11.1 Å². The third-order valence-corrected chi connectivity index (χ3v) is 4.98. The van der Waals surface area contributed by atoms with Gasteiger partial charge < -0.3 is 4.74 Å². The van der Waals surface area contributed by atoms with Crippen LogP contribution >= 0.6 is 27.3 Å². The van der Waals surface area contributed by atoms with Gasteiger partial charge in [0.2, 0.25) is 0 Å². The smallest absolute Gasteiger partial charge is 0.0931 e. The van der Waals surface area contributed by atoms with Crippen molar-refractivity contribution in [3.8, 4) is 0 Å². The molecule has 2 rings (SSSR count). The summed E-state index contributed by atoms with van der Waals surface area (Å²) >= 11 is 5.35. The third kappa shape index (κ3) is 1.88. The molecular formula is C10H14BrNOS. The fourth-order valence-corrected chi connectivity index (χ4v) is 3.62. The molecule has 1 aromatic heterocycles. The van der Waals surface area contributed by atoms with Crippen molar-refractivity contribution in [2.75, 3.05) is 11.9 Å². The molecule has 1 fully saturated rings. The first-order chi connectivity index (χ1) is 6.77. The van der Waals surface area contributed by atoms with E-state index < -0.39 is 0 Å². The summed E-state index contributed by atoms with van der Waals surface area (Å²) in [4.78, 5) is 4.35. The van der Waals surface area contributed by atoms with Crippen molar-refractivity contribution in [3.63, 3.8) is 0 Å². The van der Waals surface area contributed by atoms with E-state index in [1.165, 1.54) is 5.01 Å². The second kappa shape index (κ2) is 4.29. The van der Waals surface area contributed by atoms with E-state index in [2.05, 4.69) is 27.8 Å². The maximum absolute atomic E-state index is 5.66. The Bertz CT molecular complexity index is 290. The van der Waals surface area contributed by atoms with Crippen LogP contribution in [-0.4, -0.2) is 23.0 Å². The summed E-state index contributed by atoms with van der Waals surface area (Å²) in [7, 11) is 0. The lowest BCUT2D eigenvalue weighted by Crippen LogP contribution is -2.32. The lowest BCUT2D eigenvalue weighted by molar-refractivity contribution is 0.0746. The quantitative estimate of drug-likeness (QED) is 0.792. The van der Waals surface area contributed by atoms with E-state index in [9.17, 15) is 0 Å². The molecule has 14 heavy (non-hydrogen) atoms. The van der Waals surface area contributed by atoms with Gasteiger partial charge >= 0.3 is 0 Å². The van der Waals surface area contributed by atoms with Gasteiger partial charge in [0.15, 0.2) is 0 Å². The van der Waals surface area contributed by atoms with Crippen LogP contribution in [0, 0.1) is 5.41 Å². The maximum atomic E-state index is 5.66. The highest BCUT2D eigenvalue weighted by atomic mass is 79.9. The highest BCUT2D eigenvalue weighted by molar-refractivity contribution is 9.09. The summed E-state index contributed by atoms with van der Waals surface area (Å²) in [6.45, 7) is 3.06. The van der Waals surface area contributed by atoms with E-state index in [0.29, 0.717) is 6.10 Å². The summed E-state index contributed by atoms with van der Waals surface area (Å²) in [6.07, 6.45) is 4.39. The predicted molar refractivity (Wildman–Crippen MR) is 62.1 cm³/mol. The molecular weight excluding hydrogens is 262 g/mol. The monoisotopic (exact) mass is 275 g/mol. The van der Waals surface area contributed by atoms with Crippen LogP contribution in [0.2, 0.25) is 0 Å². The van der Waals surface area contributed by atoms with Gasteiger partial charge in [-0.2, -0.15) is 0 Å². The van der Waals surface area contributed by atoms with Gasteiger partial charge in [-0.1, -0.05) is 15.9 Å². The van der Waals surface area contributed by atoms with Gasteiger partial charge in [0, 0.05) is 35.3 Å². The van der Waals surface area contributed by atoms with Crippen LogP contribution in [0.15, 0.2) is 11.6 Å². The number of alkyl halides is 1. The van der Waals surface area contributed by atoms with Crippen molar-refractivity contribution in [2.45, 2.75) is 25.9 Å². The number of rotatable bonds is 3. The number of ether oxygens (including phenoxy) is 1. The number of hydrogen-bond donors (Lipinski definition) is 0. The molecule has 0 bridgehead atoms. The van der Waals surface area contributed by atoms with E-state index in [1.54, 1.807) is 11.3 Å². The minimum Gasteiger partial charge on any atom is -0.378 e. The molecule has 2 nitrogen and oxygen atoms in total. The Balaban J connectivity index is 2.13. The zero-order valence-electron chi connectivity index (χ0n) is 8.20. The van der Waals surface area contributed by atoms with Crippen molar-refractivity contribution in [1.82, 2.24) is 4.98 Å². The van der Waals surface area contributed by atoms with E-state index in [-0.39, 0.29) is 5.41 Å². The van der Waals surface area contributed by atoms with Gasteiger partial charge in [0.25, 0.3) is 0 Å². The molecule has 1 aliphatic rings. The van der Waals surface area contributed by atoms with Gasteiger partial charge in [-0.05, 0) is 13.3 Å². The lowest BCUT2D eigenvalue weighted by Gasteiger charge is -2.29. The zero-order valence-corrected chi connectivity index (χ0v) is 10.6. The maximum Gasteiger partial charge on any atom is 0.0931 e. The Morgan fingerprint density at radius 3 is 3.14 bits per heavy atom. The van der Waals surface area contributed by atoms with E-state index in [1.807, 2.05) is 11.6 Å². The second-order valence-corrected chi connectivity index (χ2v) is 5.40. The first-order valence-electron chi connectivity index (χ1n) is 4.83. The Morgan fingerprint density at radius 2 is 2.64 bits per heavy atom. The first-order valence-corrected chi connectivity index (χ1v) is 6.83. The Hall–Kier alpha value is 0.0700. The predicted octanol–water partition coefficient (Wildman–Crippen LogP) is 2.88. The Morgan fingerprint density at radius 1 is 1.79 bits per heavy atom. The van der Waals surface area contributed by atoms with E-state index in [0.717, 1.165) is 24.8 Å². The van der Waals surface area contributed by atoms with Crippen molar-refractivity contribution in [3.05, 3.63) is 16.6 Å². The van der Waals surface area contributed by atoms with Crippen molar-refractivity contribution < 1.29 is 4.74 Å². The van der Waals surface area contributed by atoms with Gasteiger partial charge in [-0.15, -0.1) is 11.3 Å². The van der Waals surface area contributed by atoms with E-state index >= 15 is 0 Å². The summed E-state index contributed by atoms with van der Waals surface area (Å²) in [6, 6.07) is 0. The molecule has 0 aromatic carbocycles. The highest BCUT2D eigenvalue weighted by Crippen LogP contribution is 2.40. The SMILES string of the molecule is CC1OCCC1(CBr)Cc1nccs1. The van der Waals surface area contributed by atoms with E-state index in [4.69, 9.17) is 4.74 Å². The van der Waals surface area contributed by atoms with Crippen LogP contribution in [-0.2, 0) is 11.2 Å². The molecule has 0 radical (unpaired) electrons. The number of nitrogens with zero attached hydrogens (tertiary/aromatic N) is 1. The second-order valence-electron chi connectivity index (χ2n) is 3.86. The highest BCUT2D eigenvalue weighted by Gasteiger charge is 2.41. The molecule has 0 N–H and O–H groups in total. The summed E-state index contributed by atoms with van der Waals surface area (Å²) in [5.74, 6) is 0. The number of aromatic nitrogens is 1. The largest absolute Gasteiger partial charge is 0.378 e. The molecule has 0 aliphatic carbocycles.